The first-order valence-corrected chi connectivity index (χ1v) is 10.1. The second-order valence-electron chi connectivity index (χ2n) is 7.11. The molecule has 1 aliphatic heterocycles. The van der Waals surface area contributed by atoms with Crippen LogP contribution in [-0.4, -0.2) is 48.9 Å². The number of halogens is 1. The SMILES string of the molecule is CCc1c(OC)cc(OC)c(Cl)c1-c1cc2cnc(N)nc2c(NCC2COC2)n1. The van der Waals surface area contributed by atoms with Gasteiger partial charge in [0.05, 0.1) is 38.1 Å². The van der Waals surface area contributed by atoms with E-state index in [0.717, 1.165) is 36.3 Å². The number of methoxy groups -OCH3 is 2. The Morgan fingerprint density at radius 3 is 2.60 bits per heavy atom. The molecule has 8 nitrogen and oxygen atoms in total. The summed E-state index contributed by atoms with van der Waals surface area (Å²) >= 11 is 6.74. The standard InChI is InChI=1S/C21H24ClN5O3/c1-4-13-15(28-2)6-16(29-3)18(22)17(13)14-5-12-8-25-21(23)27-19(12)20(26-14)24-7-11-9-30-10-11/h5-6,8,11H,4,7,9-10H2,1-3H3,(H,24,26)(H2,23,25,27). The molecule has 1 aromatic carbocycles. The van der Waals surface area contributed by atoms with Crippen molar-refractivity contribution >= 4 is 34.3 Å². The number of anilines is 2. The number of nitrogens with one attached hydrogen (secondary N) is 1. The first kappa shape index (κ1) is 20.4. The van der Waals surface area contributed by atoms with E-state index in [1.807, 2.05) is 13.0 Å². The van der Waals surface area contributed by atoms with E-state index in [4.69, 9.17) is 36.5 Å². The number of benzene rings is 1. The van der Waals surface area contributed by atoms with Gasteiger partial charge in [0.25, 0.3) is 0 Å². The summed E-state index contributed by atoms with van der Waals surface area (Å²) in [6.45, 7) is 4.25. The van der Waals surface area contributed by atoms with Gasteiger partial charge >= 0.3 is 0 Å². The number of ether oxygens (including phenoxy) is 3. The zero-order valence-electron chi connectivity index (χ0n) is 17.2. The minimum atomic E-state index is 0.197. The molecule has 0 radical (unpaired) electrons. The summed E-state index contributed by atoms with van der Waals surface area (Å²) in [7, 11) is 3.21. The Kier molecular flexibility index (Phi) is 5.78. The van der Waals surface area contributed by atoms with Crippen LogP contribution in [0.1, 0.15) is 12.5 Å². The molecule has 1 aliphatic rings. The summed E-state index contributed by atoms with van der Waals surface area (Å²) < 4.78 is 16.3. The van der Waals surface area contributed by atoms with Crippen molar-refractivity contribution in [1.29, 1.82) is 0 Å². The molecule has 0 amide bonds. The van der Waals surface area contributed by atoms with Crippen molar-refractivity contribution in [3.8, 4) is 22.8 Å². The number of rotatable bonds is 7. The first-order chi connectivity index (χ1) is 14.5. The van der Waals surface area contributed by atoms with Crippen molar-refractivity contribution in [1.82, 2.24) is 15.0 Å². The van der Waals surface area contributed by atoms with Gasteiger partial charge in [-0.05, 0) is 12.5 Å². The molecule has 1 fully saturated rings. The van der Waals surface area contributed by atoms with Crippen molar-refractivity contribution in [3.63, 3.8) is 0 Å². The molecule has 158 valence electrons. The van der Waals surface area contributed by atoms with Crippen LogP contribution in [0.2, 0.25) is 5.02 Å². The van der Waals surface area contributed by atoms with Gasteiger partial charge in [-0.3, -0.25) is 0 Å². The predicted octanol–water partition coefficient (Wildman–Crippen LogP) is 3.57. The summed E-state index contributed by atoms with van der Waals surface area (Å²) in [5, 5.41) is 4.69. The number of nitrogens with zero attached hydrogens (tertiary/aromatic N) is 3. The lowest BCUT2D eigenvalue weighted by Crippen LogP contribution is -2.33. The zero-order chi connectivity index (χ0) is 21.3. The average molecular weight is 430 g/mol. The maximum Gasteiger partial charge on any atom is 0.220 e. The molecule has 0 bridgehead atoms. The monoisotopic (exact) mass is 429 g/mol. The second-order valence-corrected chi connectivity index (χ2v) is 7.49. The van der Waals surface area contributed by atoms with Gasteiger partial charge in [0.2, 0.25) is 5.95 Å². The quantitative estimate of drug-likeness (QED) is 0.587. The smallest absolute Gasteiger partial charge is 0.220 e. The topological polar surface area (TPSA) is 104 Å². The van der Waals surface area contributed by atoms with Crippen LogP contribution < -0.4 is 20.5 Å². The predicted molar refractivity (Wildman–Crippen MR) is 117 cm³/mol. The van der Waals surface area contributed by atoms with E-state index in [-0.39, 0.29) is 5.95 Å². The van der Waals surface area contributed by atoms with Crippen molar-refractivity contribution in [2.45, 2.75) is 13.3 Å². The highest BCUT2D eigenvalue weighted by molar-refractivity contribution is 6.35. The van der Waals surface area contributed by atoms with E-state index in [2.05, 4.69) is 15.3 Å². The highest BCUT2D eigenvalue weighted by Crippen LogP contribution is 2.43. The van der Waals surface area contributed by atoms with Gasteiger partial charge in [-0.1, -0.05) is 18.5 Å². The van der Waals surface area contributed by atoms with E-state index >= 15 is 0 Å². The maximum absolute atomic E-state index is 6.74. The van der Waals surface area contributed by atoms with Crippen LogP contribution >= 0.6 is 11.6 Å². The van der Waals surface area contributed by atoms with E-state index < -0.39 is 0 Å². The second kappa shape index (κ2) is 8.49. The largest absolute Gasteiger partial charge is 0.496 e. The molecule has 1 saturated heterocycles. The molecule has 3 N–H and O–H groups in total. The lowest BCUT2D eigenvalue weighted by Gasteiger charge is -2.26. The summed E-state index contributed by atoms with van der Waals surface area (Å²) in [6.07, 6.45) is 2.40. The molecule has 0 saturated carbocycles. The van der Waals surface area contributed by atoms with E-state index in [9.17, 15) is 0 Å². The van der Waals surface area contributed by atoms with Crippen molar-refractivity contribution in [3.05, 3.63) is 28.9 Å². The Bertz CT molecular complexity index is 1090. The number of nitrogen functional groups attached to an aromatic ring is 1. The van der Waals surface area contributed by atoms with Gasteiger partial charge in [0, 0.05) is 41.2 Å². The van der Waals surface area contributed by atoms with E-state index in [1.165, 1.54) is 0 Å². The van der Waals surface area contributed by atoms with E-state index in [1.54, 1.807) is 26.5 Å². The minimum absolute atomic E-state index is 0.197. The van der Waals surface area contributed by atoms with Crippen molar-refractivity contribution in [2.24, 2.45) is 5.92 Å². The third kappa shape index (κ3) is 3.68. The Labute approximate surface area is 179 Å². The Hall–Kier alpha value is -2.84. The minimum Gasteiger partial charge on any atom is -0.496 e. The fraction of sp³-hybridized carbons (Fsp3) is 0.381. The summed E-state index contributed by atoms with van der Waals surface area (Å²) in [4.78, 5) is 13.4. The third-order valence-electron chi connectivity index (χ3n) is 5.20. The molecule has 0 unspecified atom stereocenters. The Morgan fingerprint density at radius 2 is 1.97 bits per heavy atom. The van der Waals surface area contributed by atoms with Gasteiger partial charge in [0.15, 0.2) is 5.82 Å². The Balaban J connectivity index is 1.91. The number of nitrogens with two attached hydrogens (primary N) is 1. The molecular formula is C21H24ClN5O3. The number of aromatic nitrogens is 3. The van der Waals surface area contributed by atoms with Gasteiger partial charge in [-0.25, -0.2) is 15.0 Å². The normalized spacial score (nSPS) is 13.9. The van der Waals surface area contributed by atoms with Gasteiger partial charge < -0.3 is 25.3 Å². The van der Waals surface area contributed by atoms with Crippen LogP contribution in [0.3, 0.4) is 0 Å². The maximum atomic E-state index is 6.74. The highest BCUT2D eigenvalue weighted by atomic mass is 35.5. The highest BCUT2D eigenvalue weighted by Gasteiger charge is 2.23. The molecule has 4 rings (SSSR count). The fourth-order valence-corrected chi connectivity index (χ4v) is 3.89. The van der Waals surface area contributed by atoms with Crippen LogP contribution in [-0.2, 0) is 11.2 Å². The first-order valence-electron chi connectivity index (χ1n) is 9.74. The third-order valence-corrected chi connectivity index (χ3v) is 5.57. The molecule has 0 aliphatic carbocycles. The molecule has 0 spiro atoms. The molecule has 30 heavy (non-hydrogen) atoms. The molecule has 2 aromatic heterocycles. The van der Waals surface area contributed by atoms with Crippen LogP contribution in [0.15, 0.2) is 18.3 Å². The van der Waals surface area contributed by atoms with Gasteiger partial charge in [-0.2, -0.15) is 0 Å². The van der Waals surface area contributed by atoms with Crippen LogP contribution in [0, 0.1) is 5.92 Å². The zero-order valence-corrected chi connectivity index (χ0v) is 17.9. The molecule has 9 heteroatoms. The number of pyridine rings is 1. The summed E-state index contributed by atoms with van der Waals surface area (Å²) in [5.74, 6) is 2.49. The molecule has 0 atom stereocenters. The van der Waals surface area contributed by atoms with Crippen LogP contribution in [0.25, 0.3) is 22.2 Å². The van der Waals surface area contributed by atoms with Crippen LogP contribution in [0.5, 0.6) is 11.5 Å². The number of fused-ring (bicyclic) bond motifs is 1. The van der Waals surface area contributed by atoms with E-state index in [0.29, 0.717) is 45.9 Å². The van der Waals surface area contributed by atoms with Gasteiger partial charge in [-0.15, -0.1) is 0 Å². The fourth-order valence-electron chi connectivity index (χ4n) is 3.54. The number of hydrogen-bond acceptors (Lipinski definition) is 8. The lowest BCUT2D eigenvalue weighted by atomic mass is 9.99. The average Bonchev–Trinajstić information content (AvgIpc) is 2.72. The number of hydrogen-bond donors (Lipinski definition) is 2. The van der Waals surface area contributed by atoms with Gasteiger partial charge in [0.1, 0.15) is 17.0 Å². The van der Waals surface area contributed by atoms with Crippen molar-refractivity contribution in [2.75, 3.05) is 45.0 Å². The summed E-state index contributed by atoms with van der Waals surface area (Å²) in [6, 6.07) is 3.71. The molecule has 3 heterocycles. The molecule has 3 aromatic rings. The lowest BCUT2D eigenvalue weighted by molar-refractivity contribution is -0.0248. The van der Waals surface area contributed by atoms with Crippen LogP contribution in [0.4, 0.5) is 11.8 Å². The molecular weight excluding hydrogens is 406 g/mol. The van der Waals surface area contributed by atoms with Crippen molar-refractivity contribution < 1.29 is 14.2 Å². The Morgan fingerprint density at radius 1 is 1.20 bits per heavy atom. The summed E-state index contributed by atoms with van der Waals surface area (Å²) in [5.41, 5.74) is 8.89.